The fourth-order valence-electron chi connectivity index (χ4n) is 2.52. The monoisotopic (exact) mass is 315 g/mol. The fourth-order valence-corrected chi connectivity index (χ4v) is 2.52. The first-order chi connectivity index (χ1) is 11.1. The zero-order valence-electron chi connectivity index (χ0n) is 15.1. The third-order valence-corrected chi connectivity index (χ3v) is 4.11. The van der Waals surface area contributed by atoms with Gasteiger partial charge in [0.25, 0.3) is 0 Å². The van der Waals surface area contributed by atoms with E-state index in [-0.39, 0.29) is 5.91 Å². The van der Waals surface area contributed by atoms with Gasteiger partial charge in [-0.25, -0.2) is 0 Å². The molecule has 0 radical (unpaired) electrons. The Labute approximate surface area is 142 Å². The van der Waals surface area contributed by atoms with Crippen LogP contribution in [0.1, 0.15) is 82.8 Å². The van der Waals surface area contributed by atoms with Gasteiger partial charge < -0.3 is 5.32 Å². The van der Waals surface area contributed by atoms with Gasteiger partial charge in [0.15, 0.2) is 0 Å². The van der Waals surface area contributed by atoms with Crippen molar-refractivity contribution < 1.29 is 4.79 Å². The van der Waals surface area contributed by atoms with Crippen LogP contribution in [0.25, 0.3) is 6.08 Å². The number of carbonyl (C=O) groups excluding carboxylic acids is 1. The van der Waals surface area contributed by atoms with E-state index in [1.54, 1.807) is 6.08 Å². The highest BCUT2D eigenvalue weighted by atomic mass is 16.1. The molecule has 23 heavy (non-hydrogen) atoms. The van der Waals surface area contributed by atoms with Crippen LogP contribution in [0.4, 0.5) is 0 Å². The summed E-state index contributed by atoms with van der Waals surface area (Å²) in [7, 11) is 0. The molecule has 0 aromatic heterocycles. The fraction of sp³-hybridized carbons (Fsp3) is 0.571. The molecule has 0 heterocycles. The molecule has 0 aliphatic carbocycles. The molecule has 2 nitrogen and oxygen atoms in total. The lowest BCUT2D eigenvalue weighted by Crippen LogP contribution is -2.21. The Morgan fingerprint density at radius 1 is 1.00 bits per heavy atom. The predicted molar refractivity (Wildman–Crippen MR) is 101 cm³/mol. The zero-order chi connectivity index (χ0) is 16.9. The van der Waals surface area contributed by atoms with E-state index in [0.717, 1.165) is 18.5 Å². The molecule has 0 fully saturated rings. The molecule has 0 saturated carbocycles. The summed E-state index contributed by atoms with van der Waals surface area (Å²) >= 11 is 0. The molecule has 0 bridgehead atoms. The molecule has 0 spiro atoms. The van der Waals surface area contributed by atoms with E-state index >= 15 is 0 Å². The highest BCUT2D eigenvalue weighted by molar-refractivity contribution is 5.91. The van der Waals surface area contributed by atoms with Gasteiger partial charge in [-0.05, 0) is 29.5 Å². The molecular weight excluding hydrogens is 282 g/mol. The number of hydrogen-bond donors (Lipinski definition) is 1. The largest absolute Gasteiger partial charge is 0.353 e. The van der Waals surface area contributed by atoms with Crippen LogP contribution in [-0.4, -0.2) is 12.5 Å². The lowest BCUT2D eigenvalue weighted by molar-refractivity contribution is -0.116. The summed E-state index contributed by atoms with van der Waals surface area (Å²) in [4.78, 5) is 11.8. The molecular formula is C21H33NO. The molecule has 0 atom stereocenters. The second-order valence-corrected chi connectivity index (χ2v) is 6.57. The van der Waals surface area contributed by atoms with Gasteiger partial charge in [-0.3, -0.25) is 4.79 Å². The van der Waals surface area contributed by atoms with E-state index in [1.165, 1.54) is 44.1 Å². The first-order valence-electron chi connectivity index (χ1n) is 9.19. The van der Waals surface area contributed by atoms with Gasteiger partial charge >= 0.3 is 0 Å². The summed E-state index contributed by atoms with van der Waals surface area (Å²) in [5.41, 5.74) is 2.39. The number of unbranched alkanes of at least 4 members (excludes halogenated alkanes) is 6. The van der Waals surface area contributed by atoms with Crippen molar-refractivity contribution in [3.8, 4) is 0 Å². The third kappa shape index (κ3) is 9.22. The van der Waals surface area contributed by atoms with Gasteiger partial charge in [0.05, 0.1) is 0 Å². The van der Waals surface area contributed by atoms with Crippen LogP contribution in [0, 0.1) is 0 Å². The Kier molecular flexibility index (Phi) is 10.1. The topological polar surface area (TPSA) is 29.1 Å². The molecule has 1 aromatic carbocycles. The molecule has 1 aromatic rings. The number of amides is 1. The number of carbonyl (C=O) groups is 1. The number of nitrogens with one attached hydrogen (secondary N) is 1. The SMILES string of the molecule is CCCCCCCCCNC(=O)C=Cc1ccc(C(C)C)cc1. The van der Waals surface area contributed by atoms with Gasteiger partial charge in [0.2, 0.25) is 5.91 Å². The second-order valence-electron chi connectivity index (χ2n) is 6.57. The summed E-state index contributed by atoms with van der Waals surface area (Å²) in [6, 6.07) is 8.38. The van der Waals surface area contributed by atoms with Gasteiger partial charge in [0, 0.05) is 12.6 Å². The maximum absolute atomic E-state index is 11.8. The molecule has 2 heteroatoms. The predicted octanol–water partition coefficient (Wildman–Crippen LogP) is 5.69. The van der Waals surface area contributed by atoms with Crippen LogP contribution in [-0.2, 0) is 4.79 Å². The van der Waals surface area contributed by atoms with E-state index in [0.29, 0.717) is 5.92 Å². The smallest absolute Gasteiger partial charge is 0.243 e. The summed E-state index contributed by atoms with van der Waals surface area (Å²) < 4.78 is 0. The zero-order valence-corrected chi connectivity index (χ0v) is 15.1. The van der Waals surface area contributed by atoms with Crippen molar-refractivity contribution in [2.75, 3.05) is 6.54 Å². The quantitative estimate of drug-likeness (QED) is 0.412. The first-order valence-corrected chi connectivity index (χ1v) is 9.19. The van der Waals surface area contributed by atoms with Gasteiger partial charge in [-0.2, -0.15) is 0 Å². The van der Waals surface area contributed by atoms with Gasteiger partial charge in [0.1, 0.15) is 0 Å². The minimum Gasteiger partial charge on any atom is -0.353 e. The Morgan fingerprint density at radius 3 is 2.22 bits per heavy atom. The van der Waals surface area contributed by atoms with E-state index in [1.807, 2.05) is 6.08 Å². The van der Waals surface area contributed by atoms with Crippen LogP contribution in [0.15, 0.2) is 30.3 Å². The maximum Gasteiger partial charge on any atom is 0.243 e. The van der Waals surface area contributed by atoms with Crippen molar-refractivity contribution in [1.82, 2.24) is 5.32 Å². The lowest BCUT2D eigenvalue weighted by Gasteiger charge is -2.05. The van der Waals surface area contributed by atoms with Crippen molar-refractivity contribution in [2.24, 2.45) is 0 Å². The Hall–Kier alpha value is -1.57. The van der Waals surface area contributed by atoms with E-state index < -0.39 is 0 Å². The van der Waals surface area contributed by atoms with Crippen LogP contribution in [0.3, 0.4) is 0 Å². The number of rotatable bonds is 11. The molecule has 0 unspecified atom stereocenters. The van der Waals surface area contributed by atoms with Crippen LogP contribution >= 0.6 is 0 Å². The van der Waals surface area contributed by atoms with E-state index in [2.05, 4.69) is 50.4 Å². The summed E-state index contributed by atoms with van der Waals surface area (Å²) in [6.45, 7) is 7.38. The molecule has 0 aliphatic rings. The van der Waals surface area contributed by atoms with Crippen molar-refractivity contribution in [3.05, 3.63) is 41.5 Å². The standard InChI is InChI=1S/C21H33NO/c1-4-5-6-7-8-9-10-17-22-21(23)16-13-19-11-14-20(15-12-19)18(2)3/h11-16,18H,4-10,17H2,1-3H3,(H,22,23). The molecule has 0 saturated heterocycles. The van der Waals surface area contributed by atoms with Gasteiger partial charge in [-0.15, -0.1) is 0 Å². The average Bonchev–Trinajstić information content (AvgIpc) is 2.55. The average molecular weight is 316 g/mol. The van der Waals surface area contributed by atoms with Crippen molar-refractivity contribution in [3.63, 3.8) is 0 Å². The molecule has 1 rings (SSSR count). The van der Waals surface area contributed by atoms with E-state index in [4.69, 9.17) is 0 Å². The number of hydrogen-bond acceptors (Lipinski definition) is 1. The lowest BCUT2D eigenvalue weighted by atomic mass is 10.0. The number of benzene rings is 1. The summed E-state index contributed by atoms with van der Waals surface area (Å²) in [6.07, 6.45) is 12.4. The first kappa shape index (κ1) is 19.5. The minimum atomic E-state index is 0.00363. The van der Waals surface area contributed by atoms with Gasteiger partial charge in [-0.1, -0.05) is 83.6 Å². The normalized spacial score (nSPS) is 11.3. The van der Waals surface area contributed by atoms with E-state index in [9.17, 15) is 4.79 Å². The summed E-state index contributed by atoms with van der Waals surface area (Å²) in [5, 5.41) is 2.96. The van der Waals surface area contributed by atoms with Crippen molar-refractivity contribution in [2.45, 2.75) is 71.6 Å². The van der Waals surface area contributed by atoms with Crippen molar-refractivity contribution in [1.29, 1.82) is 0 Å². The molecule has 128 valence electrons. The molecule has 0 aliphatic heterocycles. The van der Waals surface area contributed by atoms with Crippen molar-refractivity contribution >= 4 is 12.0 Å². The minimum absolute atomic E-state index is 0.00363. The molecule has 1 N–H and O–H groups in total. The highest BCUT2D eigenvalue weighted by Gasteiger charge is 1.98. The third-order valence-electron chi connectivity index (χ3n) is 4.11. The van der Waals surface area contributed by atoms with Crippen LogP contribution < -0.4 is 5.32 Å². The Morgan fingerprint density at radius 2 is 1.61 bits per heavy atom. The van der Waals surface area contributed by atoms with Crippen LogP contribution in [0.5, 0.6) is 0 Å². The maximum atomic E-state index is 11.8. The Bertz CT molecular complexity index is 459. The Balaban J connectivity index is 2.15. The van der Waals surface area contributed by atoms with Crippen LogP contribution in [0.2, 0.25) is 0 Å². The highest BCUT2D eigenvalue weighted by Crippen LogP contribution is 2.15. The summed E-state index contributed by atoms with van der Waals surface area (Å²) in [5.74, 6) is 0.544. The molecule has 1 amide bonds. The second kappa shape index (κ2) is 11.9.